The van der Waals surface area contributed by atoms with Crippen molar-refractivity contribution in [2.45, 2.75) is 44.4 Å². The highest BCUT2D eigenvalue weighted by Gasteiger charge is 2.27. The molecular formula is C28H35N6O3+. The SMILES string of the molecule is N#CC1=C[NH2+]C(C(=O)Nc2ccc(C3CCN(C(=O)CN4CCOCC4)CC3)cc2C2=CCCCC2)=N1. The number of amidine groups is 1. The van der Waals surface area contributed by atoms with Crippen LogP contribution in [0.4, 0.5) is 5.69 Å². The smallest absolute Gasteiger partial charge is 0.331 e. The van der Waals surface area contributed by atoms with Crippen LogP contribution in [0.1, 0.15) is 55.6 Å². The van der Waals surface area contributed by atoms with Gasteiger partial charge in [-0.2, -0.15) is 10.3 Å². The van der Waals surface area contributed by atoms with Gasteiger partial charge in [-0.15, -0.1) is 0 Å². The third-order valence-corrected chi connectivity index (χ3v) is 7.70. The molecule has 2 amide bonds. The Labute approximate surface area is 217 Å². The molecule has 9 heteroatoms. The summed E-state index contributed by atoms with van der Waals surface area (Å²) < 4.78 is 5.39. The van der Waals surface area contributed by atoms with Crippen LogP contribution in [0, 0.1) is 11.3 Å². The van der Waals surface area contributed by atoms with Gasteiger partial charge in [0, 0.05) is 37.4 Å². The molecule has 0 spiro atoms. The van der Waals surface area contributed by atoms with Crippen molar-refractivity contribution in [2.75, 3.05) is 51.3 Å². The maximum atomic E-state index is 12.9. The largest absolute Gasteiger partial charge is 0.379 e. The van der Waals surface area contributed by atoms with Crippen LogP contribution in [0.3, 0.4) is 0 Å². The minimum atomic E-state index is -0.306. The molecule has 0 radical (unpaired) electrons. The number of carbonyl (C=O) groups is 2. The molecule has 5 rings (SSSR count). The number of allylic oxidation sites excluding steroid dienone is 3. The second-order valence-corrected chi connectivity index (χ2v) is 10.1. The van der Waals surface area contributed by atoms with E-state index in [0.29, 0.717) is 25.7 Å². The first kappa shape index (κ1) is 25.3. The highest BCUT2D eigenvalue weighted by atomic mass is 16.5. The summed E-state index contributed by atoms with van der Waals surface area (Å²) in [7, 11) is 0. The first-order chi connectivity index (χ1) is 18.1. The van der Waals surface area contributed by atoms with E-state index in [1.807, 2.05) is 17.0 Å². The van der Waals surface area contributed by atoms with Gasteiger partial charge in [-0.3, -0.25) is 19.8 Å². The topological polar surface area (TPSA) is 115 Å². The number of hydrogen-bond acceptors (Lipinski definition) is 6. The fourth-order valence-corrected chi connectivity index (χ4v) is 5.52. The average molecular weight is 504 g/mol. The van der Waals surface area contributed by atoms with Crippen LogP contribution < -0.4 is 10.6 Å². The van der Waals surface area contributed by atoms with Gasteiger partial charge in [0.05, 0.1) is 19.8 Å². The number of likely N-dealkylation sites (tertiary alicyclic amines) is 1. The summed E-state index contributed by atoms with van der Waals surface area (Å²) in [5.74, 6) is 0.541. The van der Waals surface area contributed by atoms with Crippen molar-refractivity contribution >= 4 is 28.9 Å². The fourth-order valence-electron chi connectivity index (χ4n) is 5.52. The van der Waals surface area contributed by atoms with Crippen LogP contribution in [0.15, 0.2) is 41.2 Å². The number of nitriles is 1. The normalized spacial score (nSPS) is 21.1. The van der Waals surface area contributed by atoms with E-state index in [-0.39, 0.29) is 23.3 Å². The number of quaternary nitrogens is 1. The number of anilines is 1. The quantitative estimate of drug-likeness (QED) is 0.616. The highest BCUT2D eigenvalue weighted by molar-refractivity contribution is 6.39. The van der Waals surface area contributed by atoms with E-state index in [0.717, 1.165) is 69.5 Å². The van der Waals surface area contributed by atoms with E-state index >= 15 is 0 Å². The van der Waals surface area contributed by atoms with E-state index < -0.39 is 0 Å². The zero-order valence-corrected chi connectivity index (χ0v) is 21.2. The van der Waals surface area contributed by atoms with Crippen molar-refractivity contribution in [2.24, 2.45) is 4.99 Å². The number of piperidine rings is 1. The standard InChI is InChI=1S/C28H34N6O3/c29-17-23-18-30-27(31-23)28(36)32-25-7-6-22(16-24(25)21-4-2-1-3-5-21)20-8-10-34(11-9-20)26(35)19-33-12-14-37-15-13-33/h4,6-7,16,18,20H,1-3,5,8-15,19H2,(H,30,31)(H,32,36)/p+1. The molecule has 2 saturated heterocycles. The number of nitrogens with one attached hydrogen (secondary N) is 1. The van der Waals surface area contributed by atoms with Gasteiger partial charge in [-0.1, -0.05) is 12.1 Å². The maximum absolute atomic E-state index is 12.9. The van der Waals surface area contributed by atoms with Crippen molar-refractivity contribution in [3.05, 3.63) is 47.3 Å². The van der Waals surface area contributed by atoms with Crippen molar-refractivity contribution in [3.63, 3.8) is 0 Å². The number of rotatable bonds is 6. The molecule has 3 heterocycles. The zero-order chi connectivity index (χ0) is 25.6. The Bertz CT molecular complexity index is 1170. The number of benzene rings is 1. The molecular weight excluding hydrogens is 468 g/mol. The molecule has 0 aromatic heterocycles. The summed E-state index contributed by atoms with van der Waals surface area (Å²) in [6.07, 6.45) is 10.1. The van der Waals surface area contributed by atoms with E-state index in [4.69, 9.17) is 10.00 Å². The first-order valence-electron chi connectivity index (χ1n) is 13.4. The first-order valence-corrected chi connectivity index (χ1v) is 13.4. The summed E-state index contributed by atoms with van der Waals surface area (Å²) in [5, 5.41) is 13.6. The van der Waals surface area contributed by atoms with Gasteiger partial charge in [0.15, 0.2) is 5.70 Å². The number of hydrogen-bond donors (Lipinski definition) is 2. The van der Waals surface area contributed by atoms with Crippen molar-refractivity contribution < 1.29 is 19.6 Å². The molecule has 3 aliphatic heterocycles. The van der Waals surface area contributed by atoms with Crippen molar-refractivity contribution in [1.82, 2.24) is 9.80 Å². The average Bonchev–Trinajstić information content (AvgIpc) is 3.44. The van der Waals surface area contributed by atoms with E-state index in [1.54, 1.807) is 11.5 Å². The Morgan fingerprint density at radius 2 is 1.97 bits per heavy atom. The summed E-state index contributed by atoms with van der Waals surface area (Å²) in [6, 6.07) is 8.32. The van der Waals surface area contributed by atoms with Crippen LogP contribution in [-0.2, 0) is 14.3 Å². The number of carbonyl (C=O) groups excluding carboxylic acids is 2. The molecule has 4 aliphatic rings. The minimum Gasteiger partial charge on any atom is -0.379 e. The molecule has 37 heavy (non-hydrogen) atoms. The Balaban J connectivity index is 1.26. The van der Waals surface area contributed by atoms with Gasteiger partial charge in [-0.25, -0.2) is 0 Å². The van der Waals surface area contributed by atoms with Gasteiger partial charge in [0.25, 0.3) is 5.84 Å². The lowest BCUT2D eigenvalue weighted by Gasteiger charge is -2.35. The van der Waals surface area contributed by atoms with Crippen molar-refractivity contribution in [1.29, 1.82) is 5.26 Å². The molecule has 3 N–H and O–H groups in total. The van der Waals surface area contributed by atoms with Crippen LogP contribution in [0.25, 0.3) is 5.57 Å². The van der Waals surface area contributed by atoms with Crippen LogP contribution in [-0.4, -0.2) is 73.4 Å². The molecule has 1 aromatic carbocycles. The molecule has 1 aromatic rings. The Morgan fingerprint density at radius 3 is 2.68 bits per heavy atom. The Morgan fingerprint density at radius 1 is 1.16 bits per heavy atom. The fraction of sp³-hybridized carbons (Fsp3) is 0.500. The molecule has 0 bridgehead atoms. The number of nitrogens with two attached hydrogens (primary N) is 1. The number of morpholine rings is 1. The van der Waals surface area contributed by atoms with Gasteiger partial charge in [0.2, 0.25) is 5.91 Å². The zero-order valence-electron chi connectivity index (χ0n) is 21.2. The number of aliphatic imine (C=N–C) groups is 1. The Kier molecular flexibility index (Phi) is 8.09. The van der Waals surface area contributed by atoms with E-state index in [1.165, 1.54) is 17.6 Å². The number of nitrogens with zero attached hydrogens (tertiary/aromatic N) is 4. The summed E-state index contributed by atoms with van der Waals surface area (Å²) in [4.78, 5) is 34.0. The monoisotopic (exact) mass is 503 g/mol. The predicted octanol–water partition coefficient (Wildman–Crippen LogP) is 1.96. The van der Waals surface area contributed by atoms with Crippen LogP contribution in [0.5, 0.6) is 0 Å². The predicted molar refractivity (Wildman–Crippen MR) is 140 cm³/mol. The Hall–Kier alpha value is -3.32. The molecule has 0 atom stereocenters. The second kappa shape index (κ2) is 11.8. The maximum Gasteiger partial charge on any atom is 0.331 e. The summed E-state index contributed by atoms with van der Waals surface area (Å²) in [6.45, 7) is 5.08. The molecule has 1 aliphatic carbocycles. The van der Waals surface area contributed by atoms with Crippen molar-refractivity contribution in [3.8, 4) is 6.07 Å². The number of ether oxygens (including phenoxy) is 1. The van der Waals surface area contributed by atoms with Gasteiger partial charge < -0.3 is 15.0 Å². The number of amides is 2. The lowest BCUT2D eigenvalue weighted by molar-refractivity contribution is -0.455. The van der Waals surface area contributed by atoms with E-state index in [9.17, 15) is 9.59 Å². The molecule has 9 nitrogen and oxygen atoms in total. The lowest BCUT2D eigenvalue weighted by Crippen LogP contribution is -2.83. The third kappa shape index (κ3) is 6.16. The van der Waals surface area contributed by atoms with E-state index in [2.05, 4.69) is 33.4 Å². The minimum absolute atomic E-state index is 0.215. The molecule has 0 unspecified atom stereocenters. The summed E-state index contributed by atoms with van der Waals surface area (Å²) in [5.41, 5.74) is 4.63. The van der Waals surface area contributed by atoms with Gasteiger partial charge in [0.1, 0.15) is 12.3 Å². The molecule has 194 valence electrons. The second-order valence-electron chi connectivity index (χ2n) is 10.1. The van der Waals surface area contributed by atoms with Crippen LogP contribution in [0.2, 0.25) is 0 Å². The highest BCUT2D eigenvalue weighted by Crippen LogP contribution is 2.36. The van der Waals surface area contributed by atoms with Gasteiger partial charge in [-0.05, 0) is 67.7 Å². The summed E-state index contributed by atoms with van der Waals surface area (Å²) >= 11 is 0. The lowest BCUT2D eigenvalue weighted by atomic mass is 9.85. The molecule has 0 saturated carbocycles. The third-order valence-electron chi connectivity index (χ3n) is 7.70. The van der Waals surface area contributed by atoms with Crippen LogP contribution >= 0.6 is 0 Å². The van der Waals surface area contributed by atoms with Gasteiger partial charge >= 0.3 is 5.91 Å². The molecule has 2 fully saturated rings.